The Labute approximate surface area is 68.1 Å². The summed E-state index contributed by atoms with van der Waals surface area (Å²) < 4.78 is 10.8. The average molecular weight is 159 g/mol. The van der Waals surface area contributed by atoms with Crippen LogP contribution < -0.4 is 5.32 Å². The minimum absolute atomic E-state index is 0.317. The molecule has 0 atom stereocenters. The molecule has 0 unspecified atom stereocenters. The lowest BCUT2D eigenvalue weighted by molar-refractivity contribution is -0.145. The quantitative estimate of drug-likeness (QED) is 0.614. The van der Waals surface area contributed by atoms with Crippen LogP contribution in [-0.4, -0.2) is 32.1 Å². The average Bonchev–Trinajstić information content (AvgIpc) is 2.38. The fourth-order valence-electron chi connectivity index (χ4n) is 1.19. The Morgan fingerprint density at radius 1 is 1.36 bits per heavy atom. The molecule has 0 aromatic rings. The van der Waals surface area contributed by atoms with Gasteiger partial charge in [-0.05, 0) is 13.5 Å². The summed E-state index contributed by atoms with van der Waals surface area (Å²) in [5.74, 6) is -0.317. The molecular formula is C8H17NO2. The number of rotatable bonds is 4. The van der Waals surface area contributed by atoms with Gasteiger partial charge in [0, 0.05) is 13.0 Å². The van der Waals surface area contributed by atoms with Crippen LogP contribution in [0, 0.1) is 0 Å². The minimum Gasteiger partial charge on any atom is -0.348 e. The molecule has 1 N–H and O–H groups in total. The van der Waals surface area contributed by atoms with Gasteiger partial charge in [0.25, 0.3) is 0 Å². The van der Waals surface area contributed by atoms with Crippen molar-refractivity contribution in [3.63, 3.8) is 0 Å². The summed E-state index contributed by atoms with van der Waals surface area (Å²) in [5, 5.41) is 3.24. The Kier molecular flexibility index (Phi) is 3.30. The first-order valence-electron chi connectivity index (χ1n) is 4.25. The van der Waals surface area contributed by atoms with Crippen molar-refractivity contribution in [3.8, 4) is 0 Å². The van der Waals surface area contributed by atoms with Gasteiger partial charge in [-0.15, -0.1) is 0 Å². The third-order valence-electron chi connectivity index (χ3n) is 1.90. The molecule has 0 spiro atoms. The van der Waals surface area contributed by atoms with Crippen molar-refractivity contribution in [2.45, 2.75) is 26.1 Å². The molecule has 66 valence electrons. The molecule has 0 amide bonds. The predicted molar refractivity (Wildman–Crippen MR) is 43.5 cm³/mol. The minimum atomic E-state index is -0.317. The van der Waals surface area contributed by atoms with Crippen LogP contribution in [0.3, 0.4) is 0 Å². The Balaban J connectivity index is 2.13. The normalized spacial score (nSPS) is 22.4. The van der Waals surface area contributed by atoms with E-state index in [1.54, 1.807) is 0 Å². The molecule has 1 saturated heterocycles. The monoisotopic (exact) mass is 159 g/mol. The molecular weight excluding hydrogens is 142 g/mol. The van der Waals surface area contributed by atoms with Crippen molar-refractivity contribution in [3.05, 3.63) is 0 Å². The first kappa shape index (κ1) is 8.97. The van der Waals surface area contributed by atoms with Crippen LogP contribution >= 0.6 is 0 Å². The highest BCUT2D eigenvalue weighted by atomic mass is 16.7. The third kappa shape index (κ3) is 2.77. The van der Waals surface area contributed by atoms with Crippen molar-refractivity contribution in [2.24, 2.45) is 0 Å². The molecule has 0 saturated carbocycles. The van der Waals surface area contributed by atoms with Crippen LogP contribution in [0.2, 0.25) is 0 Å². The van der Waals surface area contributed by atoms with Gasteiger partial charge in [0.05, 0.1) is 13.2 Å². The SMILES string of the molecule is CCNCCC1(C)OCCO1. The van der Waals surface area contributed by atoms with E-state index in [-0.39, 0.29) is 5.79 Å². The van der Waals surface area contributed by atoms with Gasteiger partial charge in [0.2, 0.25) is 0 Å². The van der Waals surface area contributed by atoms with E-state index in [9.17, 15) is 0 Å². The lowest BCUT2D eigenvalue weighted by Gasteiger charge is -2.21. The van der Waals surface area contributed by atoms with E-state index in [1.165, 1.54) is 0 Å². The Morgan fingerprint density at radius 3 is 2.55 bits per heavy atom. The maximum atomic E-state index is 5.42. The van der Waals surface area contributed by atoms with Crippen molar-refractivity contribution >= 4 is 0 Å². The zero-order valence-electron chi connectivity index (χ0n) is 7.35. The highest BCUT2D eigenvalue weighted by molar-refractivity contribution is 4.68. The summed E-state index contributed by atoms with van der Waals surface area (Å²) in [6, 6.07) is 0. The standard InChI is InChI=1S/C8H17NO2/c1-3-9-5-4-8(2)10-6-7-11-8/h9H,3-7H2,1-2H3. The van der Waals surface area contributed by atoms with Crippen molar-refractivity contribution in [1.82, 2.24) is 5.32 Å². The van der Waals surface area contributed by atoms with Gasteiger partial charge in [-0.2, -0.15) is 0 Å². The lowest BCUT2D eigenvalue weighted by atomic mass is 10.2. The molecule has 3 heteroatoms. The van der Waals surface area contributed by atoms with Crippen LogP contribution in [-0.2, 0) is 9.47 Å². The van der Waals surface area contributed by atoms with E-state index in [4.69, 9.17) is 9.47 Å². The number of nitrogens with one attached hydrogen (secondary N) is 1. The van der Waals surface area contributed by atoms with Crippen LogP contribution in [0.15, 0.2) is 0 Å². The summed E-state index contributed by atoms with van der Waals surface area (Å²) in [7, 11) is 0. The predicted octanol–water partition coefficient (Wildman–Crippen LogP) is 0.749. The topological polar surface area (TPSA) is 30.5 Å². The van der Waals surface area contributed by atoms with Gasteiger partial charge in [0.1, 0.15) is 0 Å². The Hall–Kier alpha value is -0.120. The van der Waals surface area contributed by atoms with Crippen LogP contribution in [0.5, 0.6) is 0 Å². The van der Waals surface area contributed by atoms with E-state index < -0.39 is 0 Å². The second-order valence-corrected chi connectivity index (χ2v) is 2.93. The van der Waals surface area contributed by atoms with Gasteiger partial charge in [-0.3, -0.25) is 0 Å². The highest BCUT2D eigenvalue weighted by Gasteiger charge is 2.29. The second-order valence-electron chi connectivity index (χ2n) is 2.93. The molecule has 0 aliphatic carbocycles. The Bertz CT molecular complexity index is 111. The summed E-state index contributed by atoms with van der Waals surface area (Å²) in [6.45, 7) is 7.55. The summed E-state index contributed by atoms with van der Waals surface area (Å²) >= 11 is 0. The van der Waals surface area contributed by atoms with Gasteiger partial charge >= 0.3 is 0 Å². The van der Waals surface area contributed by atoms with Crippen molar-refractivity contribution < 1.29 is 9.47 Å². The first-order chi connectivity index (χ1) is 5.27. The zero-order valence-corrected chi connectivity index (χ0v) is 7.35. The molecule has 1 aliphatic heterocycles. The highest BCUT2D eigenvalue weighted by Crippen LogP contribution is 2.21. The summed E-state index contributed by atoms with van der Waals surface area (Å²) in [5.41, 5.74) is 0. The fourth-order valence-corrected chi connectivity index (χ4v) is 1.19. The molecule has 1 heterocycles. The molecule has 0 radical (unpaired) electrons. The maximum absolute atomic E-state index is 5.42. The third-order valence-corrected chi connectivity index (χ3v) is 1.90. The van der Waals surface area contributed by atoms with E-state index in [0.29, 0.717) is 0 Å². The largest absolute Gasteiger partial charge is 0.348 e. The first-order valence-corrected chi connectivity index (χ1v) is 4.25. The fraction of sp³-hybridized carbons (Fsp3) is 1.00. The van der Waals surface area contributed by atoms with Crippen LogP contribution in [0.4, 0.5) is 0 Å². The van der Waals surface area contributed by atoms with Crippen molar-refractivity contribution in [1.29, 1.82) is 0 Å². The molecule has 0 aromatic heterocycles. The molecule has 1 aliphatic rings. The smallest absolute Gasteiger partial charge is 0.166 e. The molecule has 1 fully saturated rings. The van der Waals surface area contributed by atoms with Gasteiger partial charge in [-0.1, -0.05) is 6.92 Å². The summed E-state index contributed by atoms with van der Waals surface area (Å²) in [6.07, 6.45) is 0.931. The number of hydrogen-bond acceptors (Lipinski definition) is 3. The molecule has 0 bridgehead atoms. The van der Waals surface area contributed by atoms with E-state index >= 15 is 0 Å². The molecule has 3 nitrogen and oxygen atoms in total. The van der Waals surface area contributed by atoms with E-state index in [2.05, 4.69) is 12.2 Å². The Morgan fingerprint density at radius 2 is 2.00 bits per heavy atom. The van der Waals surface area contributed by atoms with Crippen LogP contribution in [0.25, 0.3) is 0 Å². The van der Waals surface area contributed by atoms with Gasteiger partial charge < -0.3 is 14.8 Å². The number of hydrogen-bond donors (Lipinski definition) is 1. The second kappa shape index (κ2) is 4.04. The molecule has 11 heavy (non-hydrogen) atoms. The lowest BCUT2D eigenvalue weighted by Crippen LogP contribution is -2.30. The van der Waals surface area contributed by atoms with E-state index in [0.717, 1.165) is 32.7 Å². The zero-order chi connectivity index (χ0) is 8.16. The van der Waals surface area contributed by atoms with Crippen LogP contribution in [0.1, 0.15) is 20.3 Å². The van der Waals surface area contributed by atoms with Crippen molar-refractivity contribution in [2.75, 3.05) is 26.3 Å². The van der Waals surface area contributed by atoms with Gasteiger partial charge in [0.15, 0.2) is 5.79 Å². The maximum Gasteiger partial charge on any atom is 0.166 e. The number of ether oxygens (including phenoxy) is 2. The molecule has 0 aromatic carbocycles. The summed E-state index contributed by atoms with van der Waals surface area (Å²) in [4.78, 5) is 0. The molecule has 1 rings (SSSR count). The van der Waals surface area contributed by atoms with Gasteiger partial charge in [-0.25, -0.2) is 0 Å². The van der Waals surface area contributed by atoms with E-state index in [1.807, 2.05) is 6.92 Å².